The highest BCUT2D eigenvalue weighted by Gasteiger charge is 2.56. The Morgan fingerprint density at radius 2 is 2.00 bits per heavy atom. The van der Waals surface area contributed by atoms with E-state index < -0.39 is 11.0 Å². The Morgan fingerprint density at radius 3 is 2.71 bits per heavy atom. The molecule has 0 N–H and O–H groups in total. The number of rotatable bonds is 3. The molecule has 0 fully saturated rings. The number of ether oxygens (including phenoxy) is 2. The van der Waals surface area contributed by atoms with Gasteiger partial charge in [-0.25, -0.2) is 5.06 Å². The Morgan fingerprint density at radius 1 is 1.25 bits per heavy atom. The van der Waals surface area contributed by atoms with Gasteiger partial charge < -0.3 is 9.47 Å². The zero-order valence-electron chi connectivity index (χ0n) is 13.9. The highest BCUT2D eigenvalue weighted by Crippen LogP contribution is 2.51. The molecular weight excluding hydrogens is 304 g/mol. The first kappa shape index (κ1) is 16.2. The Hall–Kier alpha value is -2.71. The third-order valence-corrected chi connectivity index (χ3v) is 4.73. The lowest BCUT2D eigenvalue weighted by molar-refractivity contribution is -0.0156. The van der Waals surface area contributed by atoms with Crippen LogP contribution in [0.3, 0.4) is 0 Å². The second-order valence-corrected chi connectivity index (χ2v) is 6.38. The molecule has 0 saturated heterocycles. The number of methoxy groups -OCH3 is 1. The zero-order valence-corrected chi connectivity index (χ0v) is 13.9. The van der Waals surface area contributed by atoms with Gasteiger partial charge in [0.1, 0.15) is 29.3 Å². The van der Waals surface area contributed by atoms with Crippen molar-refractivity contribution in [2.24, 2.45) is 5.41 Å². The maximum Gasteiger partial charge on any atom is 0.147 e. The molecule has 0 bridgehead atoms. The van der Waals surface area contributed by atoms with Crippen LogP contribution < -0.4 is 14.5 Å². The third kappa shape index (κ3) is 2.19. The van der Waals surface area contributed by atoms with Crippen molar-refractivity contribution >= 4 is 5.69 Å². The maximum atomic E-state index is 13.4. The van der Waals surface area contributed by atoms with Crippen molar-refractivity contribution in [1.82, 2.24) is 0 Å². The summed E-state index contributed by atoms with van der Waals surface area (Å²) in [4.78, 5) is 0. The molecule has 123 valence electrons. The summed E-state index contributed by atoms with van der Waals surface area (Å²) in [5.41, 5.74) is -1.05. The molecule has 2 aromatic rings. The van der Waals surface area contributed by atoms with E-state index in [1.54, 1.807) is 45.2 Å². The van der Waals surface area contributed by atoms with Crippen LogP contribution in [0.4, 0.5) is 5.69 Å². The Balaban J connectivity index is 2.24. The summed E-state index contributed by atoms with van der Waals surface area (Å²) >= 11 is 0. The van der Waals surface area contributed by atoms with Crippen LogP contribution in [0.25, 0.3) is 0 Å². The second kappa shape index (κ2) is 5.73. The molecule has 1 radical (unpaired) electrons. The van der Waals surface area contributed by atoms with Gasteiger partial charge in [0.2, 0.25) is 0 Å². The van der Waals surface area contributed by atoms with Crippen LogP contribution in [0, 0.1) is 16.7 Å². The van der Waals surface area contributed by atoms with Crippen LogP contribution in [0.5, 0.6) is 11.5 Å². The van der Waals surface area contributed by atoms with Gasteiger partial charge in [-0.3, -0.25) is 0 Å². The van der Waals surface area contributed by atoms with Gasteiger partial charge in [0.05, 0.1) is 18.6 Å². The molecule has 0 spiro atoms. The largest absolute Gasteiger partial charge is 0.497 e. The normalized spacial score (nSPS) is 19.9. The fourth-order valence-electron chi connectivity index (χ4n) is 3.16. The van der Waals surface area contributed by atoms with Gasteiger partial charge in [0.25, 0.3) is 0 Å². The molecular formula is C19H19N2O3. The summed E-state index contributed by atoms with van der Waals surface area (Å²) in [6.07, 6.45) is 0. The summed E-state index contributed by atoms with van der Waals surface area (Å²) in [5, 5.41) is 24.1. The highest BCUT2D eigenvalue weighted by atomic mass is 16.5. The lowest BCUT2D eigenvalue weighted by atomic mass is 9.68. The van der Waals surface area contributed by atoms with E-state index in [-0.39, 0.29) is 6.61 Å². The molecule has 5 heteroatoms. The van der Waals surface area contributed by atoms with Gasteiger partial charge in [-0.15, -0.1) is 0 Å². The SMILES string of the molecule is COc1cccc(C2(C(C)(C)C#N)COc3ccccc3N2[O])c1. The van der Waals surface area contributed by atoms with Gasteiger partial charge in [-0.1, -0.05) is 29.5 Å². The van der Waals surface area contributed by atoms with Gasteiger partial charge in [-0.05, 0) is 43.7 Å². The van der Waals surface area contributed by atoms with Gasteiger partial charge >= 0.3 is 0 Å². The van der Waals surface area contributed by atoms with Crippen molar-refractivity contribution in [1.29, 1.82) is 5.26 Å². The second-order valence-electron chi connectivity index (χ2n) is 6.38. The predicted octanol–water partition coefficient (Wildman–Crippen LogP) is 3.68. The van der Waals surface area contributed by atoms with Crippen LogP contribution in [0.2, 0.25) is 0 Å². The molecule has 5 nitrogen and oxygen atoms in total. The van der Waals surface area contributed by atoms with E-state index >= 15 is 0 Å². The van der Waals surface area contributed by atoms with Crippen molar-refractivity contribution in [2.45, 2.75) is 19.4 Å². The molecule has 1 unspecified atom stereocenters. The van der Waals surface area contributed by atoms with Crippen molar-refractivity contribution in [3.8, 4) is 17.6 Å². The van der Waals surface area contributed by atoms with Crippen LogP contribution in [0.15, 0.2) is 48.5 Å². The first-order valence-electron chi connectivity index (χ1n) is 7.71. The molecule has 0 aliphatic carbocycles. The smallest absolute Gasteiger partial charge is 0.147 e. The van der Waals surface area contributed by atoms with Crippen LogP contribution in [-0.4, -0.2) is 13.7 Å². The summed E-state index contributed by atoms with van der Waals surface area (Å²) in [6.45, 7) is 3.60. The number of benzene rings is 2. The minimum Gasteiger partial charge on any atom is -0.497 e. The zero-order chi connectivity index (χ0) is 17.4. The van der Waals surface area contributed by atoms with Gasteiger partial charge in [0.15, 0.2) is 0 Å². The lowest BCUT2D eigenvalue weighted by Gasteiger charge is -2.49. The molecule has 0 saturated carbocycles. The third-order valence-electron chi connectivity index (χ3n) is 4.73. The first-order valence-corrected chi connectivity index (χ1v) is 7.71. The maximum absolute atomic E-state index is 13.4. The van der Waals surface area contributed by atoms with Gasteiger partial charge in [0, 0.05) is 0 Å². The minimum absolute atomic E-state index is 0.0846. The summed E-state index contributed by atoms with van der Waals surface area (Å²) in [6, 6.07) is 16.6. The van der Waals surface area contributed by atoms with E-state index in [9.17, 15) is 10.5 Å². The number of para-hydroxylation sites is 2. The minimum atomic E-state index is -1.18. The fraction of sp³-hybridized carbons (Fsp3) is 0.316. The molecule has 0 aromatic heterocycles. The van der Waals surface area contributed by atoms with Crippen molar-refractivity contribution < 1.29 is 14.7 Å². The average molecular weight is 323 g/mol. The van der Waals surface area contributed by atoms with Gasteiger partial charge in [-0.2, -0.15) is 5.26 Å². The number of hydroxylamine groups is 1. The summed E-state index contributed by atoms with van der Waals surface area (Å²) in [5.74, 6) is 1.16. The predicted molar refractivity (Wildman–Crippen MR) is 89.2 cm³/mol. The van der Waals surface area contributed by atoms with E-state index in [1.165, 1.54) is 0 Å². The number of hydrogen-bond acceptors (Lipinski definition) is 4. The topological polar surface area (TPSA) is 65.4 Å². The van der Waals surface area contributed by atoms with E-state index in [4.69, 9.17) is 9.47 Å². The molecule has 3 rings (SSSR count). The van der Waals surface area contributed by atoms with E-state index in [1.807, 2.05) is 24.3 Å². The van der Waals surface area contributed by atoms with Crippen molar-refractivity contribution in [3.05, 3.63) is 54.1 Å². The number of nitriles is 1. The molecule has 1 aliphatic heterocycles. The Labute approximate surface area is 141 Å². The fourth-order valence-corrected chi connectivity index (χ4v) is 3.16. The van der Waals surface area contributed by atoms with Crippen molar-refractivity contribution in [3.63, 3.8) is 0 Å². The van der Waals surface area contributed by atoms with E-state index in [0.29, 0.717) is 22.7 Å². The highest BCUT2D eigenvalue weighted by molar-refractivity contribution is 5.62. The average Bonchev–Trinajstić information content (AvgIpc) is 2.62. The van der Waals surface area contributed by atoms with Crippen LogP contribution in [0.1, 0.15) is 19.4 Å². The molecule has 1 aliphatic rings. The standard InChI is InChI=1S/C19H19N2O3/c1-18(2,12-20)19(14-7-6-8-15(11-14)23-3)13-24-17-10-5-4-9-16(17)21(19)22/h4-11H,13H2,1-3H3. The lowest BCUT2D eigenvalue weighted by Crippen LogP contribution is -2.59. The number of hydrogen-bond donors (Lipinski definition) is 0. The van der Waals surface area contributed by atoms with Crippen molar-refractivity contribution in [2.75, 3.05) is 18.8 Å². The molecule has 2 aromatic carbocycles. The van der Waals surface area contributed by atoms with Crippen LogP contribution >= 0.6 is 0 Å². The molecule has 1 heterocycles. The Bertz CT molecular complexity index is 797. The Kier molecular flexibility index (Phi) is 3.86. The first-order chi connectivity index (χ1) is 11.5. The monoisotopic (exact) mass is 323 g/mol. The van der Waals surface area contributed by atoms with Crippen LogP contribution in [-0.2, 0) is 10.7 Å². The van der Waals surface area contributed by atoms with E-state index in [0.717, 1.165) is 5.06 Å². The molecule has 24 heavy (non-hydrogen) atoms. The number of anilines is 1. The molecule has 1 atom stereocenters. The van der Waals surface area contributed by atoms with E-state index in [2.05, 4.69) is 6.07 Å². The number of nitrogens with zero attached hydrogens (tertiary/aromatic N) is 2. The molecule has 0 amide bonds. The summed E-state index contributed by atoms with van der Waals surface area (Å²) in [7, 11) is 1.57. The summed E-state index contributed by atoms with van der Waals surface area (Å²) < 4.78 is 11.2. The quantitative estimate of drug-likeness (QED) is 0.864. The number of fused-ring (bicyclic) bond motifs is 1.